The van der Waals surface area contributed by atoms with Crippen molar-refractivity contribution in [1.82, 2.24) is 9.55 Å². The van der Waals surface area contributed by atoms with Crippen LogP contribution in [0.5, 0.6) is 0 Å². The lowest BCUT2D eigenvalue weighted by Gasteiger charge is -2.17. The van der Waals surface area contributed by atoms with Crippen molar-refractivity contribution >= 4 is 0 Å². The molecule has 1 aliphatic carbocycles. The summed E-state index contributed by atoms with van der Waals surface area (Å²) in [7, 11) is 0. The molecule has 0 spiro atoms. The maximum Gasteiger partial charge on any atom is 0.328 e. The van der Waals surface area contributed by atoms with E-state index in [9.17, 15) is 14.7 Å². The van der Waals surface area contributed by atoms with Crippen molar-refractivity contribution in [3.63, 3.8) is 0 Å². The van der Waals surface area contributed by atoms with Crippen molar-refractivity contribution in [2.24, 2.45) is 0 Å². The van der Waals surface area contributed by atoms with Gasteiger partial charge in [-0.15, -0.1) is 0 Å². The Morgan fingerprint density at radius 2 is 2.20 bits per heavy atom. The highest BCUT2D eigenvalue weighted by Crippen LogP contribution is 2.28. The van der Waals surface area contributed by atoms with E-state index in [0.717, 1.165) is 19.3 Å². The minimum atomic E-state index is -0.479. The molecule has 0 aromatic carbocycles. The van der Waals surface area contributed by atoms with Gasteiger partial charge in [-0.2, -0.15) is 0 Å². The van der Waals surface area contributed by atoms with E-state index in [0.29, 0.717) is 5.56 Å². The summed E-state index contributed by atoms with van der Waals surface area (Å²) >= 11 is 0. The monoisotopic (exact) mass is 210 g/mol. The molecular formula is C10H14N2O3. The van der Waals surface area contributed by atoms with E-state index in [1.807, 2.05) is 0 Å². The number of nitrogens with one attached hydrogen (secondary N) is 1. The molecule has 2 rings (SSSR count). The van der Waals surface area contributed by atoms with Crippen LogP contribution >= 0.6 is 0 Å². The number of aliphatic hydroxyl groups excluding tert-OH is 1. The number of aliphatic hydroxyl groups is 1. The second kappa shape index (κ2) is 3.66. The SMILES string of the molecule is Cc1cn([C@@H]2CCC[C@H]2O)c(=O)[nH]c1=O. The zero-order valence-corrected chi connectivity index (χ0v) is 8.56. The summed E-state index contributed by atoms with van der Waals surface area (Å²) in [5, 5.41) is 9.68. The fraction of sp³-hybridized carbons (Fsp3) is 0.600. The van der Waals surface area contributed by atoms with Crippen molar-refractivity contribution in [3.05, 3.63) is 32.6 Å². The second-order valence-electron chi connectivity index (χ2n) is 4.04. The van der Waals surface area contributed by atoms with Gasteiger partial charge in [0.1, 0.15) is 0 Å². The van der Waals surface area contributed by atoms with E-state index >= 15 is 0 Å². The normalized spacial score (nSPS) is 25.7. The third-order valence-electron chi connectivity index (χ3n) is 2.95. The highest BCUT2D eigenvalue weighted by atomic mass is 16.3. The maximum atomic E-state index is 11.5. The van der Waals surface area contributed by atoms with Crippen LogP contribution in [0.25, 0.3) is 0 Å². The van der Waals surface area contributed by atoms with Crippen LogP contribution in [0.2, 0.25) is 0 Å². The summed E-state index contributed by atoms with van der Waals surface area (Å²) in [6, 6.07) is -0.187. The van der Waals surface area contributed by atoms with Gasteiger partial charge in [0.15, 0.2) is 0 Å². The second-order valence-corrected chi connectivity index (χ2v) is 4.04. The molecule has 0 radical (unpaired) electrons. The fourth-order valence-electron chi connectivity index (χ4n) is 2.08. The van der Waals surface area contributed by atoms with Gasteiger partial charge in [-0.25, -0.2) is 4.79 Å². The molecule has 1 aromatic rings. The maximum absolute atomic E-state index is 11.5. The first-order valence-electron chi connectivity index (χ1n) is 5.09. The lowest BCUT2D eigenvalue weighted by atomic mass is 10.2. The highest BCUT2D eigenvalue weighted by molar-refractivity contribution is 5.02. The van der Waals surface area contributed by atoms with Crippen LogP contribution in [0.4, 0.5) is 0 Å². The number of aromatic amines is 1. The van der Waals surface area contributed by atoms with E-state index in [2.05, 4.69) is 4.98 Å². The zero-order valence-electron chi connectivity index (χ0n) is 8.56. The molecule has 2 atom stereocenters. The summed E-state index contributed by atoms with van der Waals surface area (Å²) in [6.45, 7) is 1.65. The van der Waals surface area contributed by atoms with Crippen molar-refractivity contribution in [3.8, 4) is 0 Å². The molecule has 1 aliphatic rings. The first-order chi connectivity index (χ1) is 7.09. The lowest BCUT2D eigenvalue weighted by molar-refractivity contribution is 0.134. The number of nitrogens with zero attached hydrogens (tertiary/aromatic N) is 1. The smallest absolute Gasteiger partial charge is 0.328 e. The van der Waals surface area contributed by atoms with Crippen LogP contribution in [0.1, 0.15) is 30.9 Å². The molecule has 1 saturated carbocycles. The Balaban J connectivity index is 2.48. The van der Waals surface area contributed by atoms with Crippen molar-refractivity contribution in [2.75, 3.05) is 0 Å². The topological polar surface area (TPSA) is 75.1 Å². The molecule has 0 saturated heterocycles. The van der Waals surface area contributed by atoms with E-state index in [1.165, 1.54) is 10.8 Å². The average molecular weight is 210 g/mol. The first kappa shape index (κ1) is 10.2. The summed E-state index contributed by atoms with van der Waals surface area (Å²) in [5.74, 6) is 0. The molecule has 0 amide bonds. The molecule has 2 N–H and O–H groups in total. The predicted octanol–water partition coefficient (Wildman–Crippen LogP) is -0.0691. The van der Waals surface area contributed by atoms with E-state index < -0.39 is 11.8 Å². The summed E-state index contributed by atoms with van der Waals surface area (Å²) < 4.78 is 1.44. The number of aromatic nitrogens is 2. The molecule has 0 bridgehead atoms. The molecule has 0 unspecified atom stereocenters. The summed E-state index contributed by atoms with van der Waals surface area (Å²) in [6.07, 6.45) is 3.46. The largest absolute Gasteiger partial charge is 0.391 e. The Morgan fingerprint density at radius 3 is 2.80 bits per heavy atom. The Labute approximate surface area is 86.4 Å². The van der Waals surface area contributed by atoms with Crippen LogP contribution < -0.4 is 11.2 Å². The van der Waals surface area contributed by atoms with Crippen LogP contribution in [-0.2, 0) is 0 Å². The highest BCUT2D eigenvalue weighted by Gasteiger charge is 2.27. The Kier molecular flexibility index (Phi) is 2.48. The molecular weight excluding hydrogens is 196 g/mol. The molecule has 0 aliphatic heterocycles. The molecule has 1 aromatic heterocycles. The number of H-pyrrole nitrogens is 1. The number of rotatable bonds is 1. The summed E-state index contributed by atoms with van der Waals surface area (Å²) in [5.41, 5.74) is -0.297. The van der Waals surface area contributed by atoms with Gasteiger partial charge < -0.3 is 5.11 Å². The molecule has 1 fully saturated rings. The van der Waals surface area contributed by atoms with Crippen molar-refractivity contribution < 1.29 is 5.11 Å². The van der Waals surface area contributed by atoms with Crippen molar-refractivity contribution in [2.45, 2.75) is 38.3 Å². The zero-order chi connectivity index (χ0) is 11.0. The Morgan fingerprint density at radius 1 is 1.47 bits per heavy atom. The standard InChI is InChI=1S/C10H14N2O3/c1-6-5-12(10(15)11-9(6)14)7-3-2-4-8(7)13/h5,7-8,13H,2-4H2,1H3,(H,11,14,15)/t7-,8-/m1/s1. The van der Waals surface area contributed by atoms with Gasteiger partial charge >= 0.3 is 5.69 Å². The number of hydrogen-bond acceptors (Lipinski definition) is 3. The van der Waals surface area contributed by atoms with E-state index in [4.69, 9.17) is 0 Å². The molecule has 1 heterocycles. The minimum Gasteiger partial charge on any atom is -0.391 e. The van der Waals surface area contributed by atoms with Gasteiger partial charge in [-0.3, -0.25) is 14.3 Å². The predicted molar refractivity (Wildman–Crippen MR) is 55.0 cm³/mol. The molecule has 5 nitrogen and oxygen atoms in total. The van der Waals surface area contributed by atoms with Gasteiger partial charge in [-0.05, 0) is 26.2 Å². The average Bonchev–Trinajstić information content (AvgIpc) is 2.58. The Bertz CT molecular complexity index is 474. The Hall–Kier alpha value is -1.36. The van der Waals surface area contributed by atoms with Gasteiger partial charge in [0.2, 0.25) is 0 Å². The third kappa shape index (κ3) is 1.74. The number of hydrogen-bond donors (Lipinski definition) is 2. The number of aryl methyl sites for hydroxylation is 1. The molecule has 82 valence electrons. The van der Waals surface area contributed by atoms with Crippen LogP contribution in [0, 0.1) is 6.92 Å². The van der Waals surface area contributed by atoms with Crippen molar-refractivity contribution in [1.29, 1.82) is 0 Å². The lowest BCUT2D eigenvalue weighted by Crippen LogP contribution is -2.35. The van der Waals surface area contributed by atoms with Crippen LogP contribution in [0.3, 0.4) is 0 Å². The van der Waals surface area contributed by atoms with Gasteiger partial charge in [0.25, 0.3) is 5.56 Å². The minimum absolute atomic E-state index is 0.187. The van der Waals surface area contributed by atoms with Gasteiger partial charge in [0, 0.05) is 11.8 Å². The first-order valence-corrected chi connectivity index (χ1v) is 5.09. The molecule has 15 heavy (non-hydrogen) atoms. The van der Waals surface area contributed by atoms with Crippen LogP contribution in [0.15, 0.2) is 15.8 Å². The quantitative estimate of drug-likeness (QED) is 0.681. The van der Waals surface area contributed by atoms with Gasteiger partial charge in [0.05, 0.1) is 12.1 Å². The van der Waals surface area contributed by atoms with Crippen LogP contribution in [-0.4, -0.2) is 20.8 Å². The molecule has 5 heteroatoms. The summed E-state index contributed by atoms with van der Waals surface area (Å²) in [4.78, 5) is 24.9. The van der Waals surface area contributed by atoms with E-state index in [-0.39, 0.29) is 11.6 Å². The van der Waals surface area contributed by atoms with E-state index in [1.54, 1.807) is 6.92 Å². The third-order valence-corrected chi connectivity index (χ3v) is 2.95. The van der Waals surface area contributed by atoms with Gasteiger partial charge in [-0.1, -0.05) is 0 Å². The fourth-order valence-corrected chi connectivity index (χ4v) is 2.08.